The lowest BCUT2D eigenvalue weighted by atomic mass is 10.1. The summed E-state index contributed by atoms with van der Waals surface area (Å²) >= 11 is 0. The zero-order chi connectivity index (χ0) is 15.2. The minimum absolute atomic E-state index is 0.0190. The molecule has 114 valence electrons. The summed E-state index contributed by atoms with van der Waals surface area (Å²) in [6.07, 6.45) is 2.40. The standard InChI is InChI=1S/C14H20N4O3/c1-2-15-14(19)10-3-6-13(18(20)21)12(9-10)17-8-7-16-11-4-5-11/h3,6,9,11,16-17H,2,4-5,7-8H2,1H3,(H,15,19). The molecule has 2 rings (SSSR count). The number of hydrogen-bond donors (Lipinski definition) is 3. The van der Waals surface area contributed by atoms with E-state index < -0.39 is 4.92 Å². The van der Waals surface area contributed by atoms with Gasteiger partial charge in [-0.3, -0.25) is 14.9 Å². The monoisotopic (exact) mass is 292 g/mol. The number of hydrogen-bond acceptors (Lipinski definition) is 5. The molecule has 0 heterocycles. The number of nitrogens with zero attached hydrogens (tertiary/aromatic N) is 1. The lowest BCUT2D eigenvalue weighted by Gasteiger charge is -2.09. The average Bonchev–Trinajstić information content (AvgIpc) is 3.27. The number of benzene rings is 1. The molecule has 1 saturated carbocycles. The van der Waals surface area contributed by atoms with Crippen LogP contribution in [-0.2, 0) is 0 Å². The third-order valence-corrected chi connectivity index (χ3v) is 3.24. The van der Waals surface area contributed by atoms with E-state index >= 15 is 0 Å². The van der Waals surface area contributed by atoms with Crippen LogP contribution < -0.4 is 16.0 Å². The highest BCUT2D eigenvalue weighted by molar-refractivity contribution is 5.95. The molecule has 1 aromatic carbocycles. The van der Waals surface area contributed by atoms with Gasteiger partial charge >= 0.3 is 0 Å². The highest BCUT2D eigenvalue weighted by atomic mass is 16.6. The van der Waals surface area contributed by atoms with Crippen LogP contribution in [0.15, 0.2) is 18.2 Å². The van der Waals surface area contributed by atoms with E-state index in [0.29, 0.717) is 30.4 Å². The summed E-state index contributed by atoms with van der Waals surface area (Å²) in [5, 5.41) is 20.1. The van der Waals surface area contributed by atoms with E-state index in [0.717, 1.165) is 6.54 Å². The normalized spacial score (nSPS) is 13.8. The van der Waals surface area contributed by atoms with Crippen molar-refractivity contribution in [2.75, 3.05) is 25.0 Å². The molecule has 0 aromatic heterocycles. The molecule has 0 unspecified atom stereocenters. The first-order chi connectivity index (χ1) is 10.1. The molecule has 1 aliphatic carbocycles. The minimum atomic E-state index is -0.446. The van der Waals surface area contributed by atoms with Gasteiger partial charge in [0.25, 0.3) is 11.6 Å². The van der Waals surface area contributed by atoms with Gasteiger partial charge in [0.1, 0.15) is 5.69 Å². The van der Waals surface area contributed by atoms with E-state index in [4.69, 9.17) is 0 Å². The fourth-order valence-corrected chi connectivity index (χ4v) is 2.00. The summed E-state index contributed by atoms with van der Waals surface area (Å²) < 4.78 is 0. The number of carbonyl (C=O) groups excluding carboxylic acids is 1. The lowest BCUT2D eigenvalue weighted by Crippen LogP contribution is -2.25. The Morgan fingerprint density at radius 3 is 2.76 bits per heavy atom. The maximum atomic E-state index is 11.8. The lowest BCUT2D eigenvalue weighted by molar-refractivity contribution is -0.384. The molecule has 0 aliphatic heterocycles. The van der Waals surface area contributed by atoms with Gasteiger partial charge in [0.05, 0.1) is 4.92 Å². The van der Waals surface area contributed by atoms with E-state index in [-0.39, 0.29) is 11.6 Å². The molecular formula is C14H20N4O3. The SMILES string of the molecule is CCNC(=O)c1ccc([N+](=O)[O-])c(NCCNC2CC2)c1. The molecule has 0 radical (unpaired) electrons. The molecule has 21 heavy (non-hydrogen) atoms. The number of nitro benzene ring substituents is 1. The topological polar surface area (TPSA) is 96.3 Å². The Morgan fingerprint density at radius 1 is 1.38 bits per heavy atom. The molecule has 0 atom stereocenters. The van der Waals surface area contributed by atoms with Gasteiger partial charge in [-0.05, 0) is 31.9 Å². The van der Waals surface area contributed by atoms with Gasteiger partial charge in [-0.25, -0.2) is 0 Å². The van der Waals surface area contributed by atoms with Crippen LogP contribution in [0.3, 0.4) is 0 Å². The van der Waals surface area contributed by atoms with Gasteiger partial charge in [0.15, 0.2) is 0 Å². The Hall–Kier alpha value is -2.15. The highest BCUT2D eigenvalue weighted by Gasteiger charge is 2.20. The van der Waals surface area contributed by atoms with Crippen molar-refractivity contribution in [3.05, 3.63) is 33.9 Å². The first kappa shape index (κ1) is 15.2. The Labute approximate surface area is 123 Å². The second kappa shape index (κ2) is 7.03. The summed E-state index contributed by atoms with van der Waals surface area (Å²) in [5.74, 6) is -0.230. The van der Waals surface area contributed by atoms with Gasteiger partial charge in [0.2, 0.25) is 0 Å². The predicted molar refractivity (Wildman–Crippen MR) is 80.6 cm³/mol. The molecule has 7 heteroatoms. The smallest absolute Gasteiger partial charge is 0.292 e. The summed E-state index contributed by atoms with van der Waals surface area (Å²) in [6, 6.07) is 4.96. The van der Waals surface area contributed by atoms with E-state index in [1.165, 1.54) is 31.0 Å². The van der Waals surface area contributed by atoms with Crippen LogP contribution in [0.2, 0.25) is 0 Å². The van der Waals surface area contributed by atoms with E-state index in [1.807, 2.05) is 6.92 Å². The van der Waals surface area contributed by atoms with Crippen molar-refractivity contribution in [2.24, 2.45) is 0 Å². The number of rotatable bonds is 8. The summed E-state index contributed by atoms with van der Waals surface area (Å²) in [4.78, 5) is 22.4. The van der Waals surface area contributed by atoms with Crippen molar-refractivity contribution in [1.29, 1.82) is 0 Å². The van der Waals surface area contributed by atoms with Crippen molar-refractivity contribution in [3.63, 3.8) is 0 Å². The molecule has 7 nitrogen and oxygen atoms in total. The van der Waals surface area contributed by atoms with Crippen LogP contribution in [0.4, 0.5) is 11.4 Å². The van der Waals surface area contributed by atoms with Crippen LogP contribution in [0.1, 0.15) is 30.1 Å². The maximum Gasteiger partial charge on any atom is 0.292 e. The Morgan fingerprint density at radius 2 is 2.14 bits per heavy atom. The Balaban J connectivity index is 2.04. The zero-order valence-electron chi connectivity index (χ0n) is 12.0. The third kappa shape index (κ3) is 4.42. The maximum absolute atomic E-state index is 11.8. The second-order valence-electron chi connectivity index (χ2n) is 5.00. The van der Waals surface area contributed by atoms with Gasteiger partial charge in [0, 0.05) is 37.3 Å². The molecule has 1 amide bonds. The summed E-state index contributed by atoms with van der Waals surface area (Å²) in [6.45, 7) is 3.67. The molecule has 1 aromatic rings. The Bertz CT molecular complexity index is 529. The molecule has 1 aliphatic rings. The van der Waals surface area contributed by atoms with Gasteiger partial charge in [-0.15, -0.1) is 0 Å². The van der Waals surface area contributed by atoms with Gasteiger partial charge in [-0.2, -0.15) is 0 Å². The number of nitrogens with one attached hydrogen (secondary N) is 3. The highest BCUT2D eigenvalue weighted by Crippen LogP contribution is 2.25. The molecule has 0 saturated heterocycles. The number of nitro groups is 1. The first-order valence-electron chi connectivity index (χ1n) is 7.15. The fraction of sp³-hybridized carbons (Fsp3) is 0.500. The third-order valence-electron chi connectivity index (χ3n) is 3.24. The summed E-state index contributed by atoms with van der Waals surface area (Å²) in [7, 11) is 0. The first-order valence-corrected chi connectivity index (χ1v) is 7.15. The van der Waals surface area contributed by atoms with Crippen molar-refractivity contribution < 1.29 is 9.72 Å². The van der Waals surface area contributed by atoms with Gasteiger partial charge < -0.3 is 16.0 Å². The average molecular weight is 292 g/mol. The number of carbonyl (C=O) groups is 1. The van der Waals surface area contributed by atoms with Crippen LogP contribution in [0, 0.1) is 10.1 Å². The van der Waals surface area contributed by atoms with Crippen LogP contribution in [0.25, 0.3) is 0 Å². The molecule has 3 N–H and O–H groups in total. The van der Waals surface area contributed by atoms with Crippen molar-refractivity contribution in [2.45, 2.75) is 25.8 Å². The van der Waals surface area contributed by atoms with Crippen LogP contribution in [-0.4, -0.2) is 36.5 Å². The number of anilines is 1. The van der Waals surface area contributed by atoms with Gasteiger partial charge in [-0.1, -0.05) is 0 Å². The van der Waals surface area contributed by atoms with Crippen LogP contribution >= 0.6 is 0 Å². The largest absolute Gasteiger partial charge is 0.378 e. The second-order valence-corrected chi connectivity index (χ2v) is 5.00. The summed E-state index contributed by atoms with van der Waals surface area (Å²) in [5.41, 5.74) is 0.774. The van der Waals surface area contributed by atoms with Crippen molar-refractivity contribution in [3.8, 4) is 0 Å². The van der Waals surface area contributed by atoms with Crippen LogP contribution in [0.5, 0.6) is 0 Å². The quantitative estimate of drug-likeness (QED) is 0.383. The minimum Gasteiger partial charge on any atom is -0.378 e. The number of amides is 1. The van der Waals surface area contributed by atoms with Crippen molar-refractivity contribution >= 4 is 17.3 Å². The van der Waals surface area contributed by atoms with E-state index in [1.54, 1.807) is 0 Å². The fourth-order valence-electron chi connectivity index (χ4n) is 2.00. The molecule has 1 fully saturated rings. The molecule has 0 spiro atoms. The van der Waals surface area contributed by atoms with E-state index in [2.05, 4.69) is 16.0 Å². The molecular weight excluding hydrogens is 272 g/mol. The van der Waals surface area contributed by atoms with Crippen molar-refractivity contribution in [1.82, 2.24) is 10.6 Å². The van der Waals surface area contributed by atoms with E-state index in [9.17, 15) is 14.9 Å². The molecule has 0 bridgehead atoms. The zero-order valence-corrected chi connectivity index (χ0v) is 12.0. The Kier molecular flexibility index (Phi) is 5.10. The predicted octanol–water partition coefficient (Wildman–Crippen LogP) is 1.51.